The smallest absolute Gasteiger partial charge is 0.339 e. The highest BCUT2D eigenvalue weighted by molar-refractivity contribution is 7.13. The summed E-state index contributed by atoms with van der Waals surface area (Å²) in [6, 6.07) is 9.56. The zero-order chi connectivity index (χ0) is 18.0. The molecule has 0 amide bonds. The third-order valence-corrected chi connectivity index (χ3v) is 4.14. The van der Waals surface area contributed by atoms with Crippen molar-refractivity contribution < 1.29 is 24.6 Å². The van der Waals surface area contributed by atoms with E-state index in [1.807, 2.05) is 0 Å². The quantitative estimate of drug-likeness (QED) is 0.515. The van der Waals surface area contributed by atoms with Crippen molar-refractivity contribution in [3.05, 3.63) is 59.2 Å². The summed E-state index contributed by atoms with van der Waals surface area (Å²) in [4.78, 5) is 15.1. The fourth-order valence-corrected chi connectivity index (χ4v) is 2.84. The summed E-state index contributed by atoms with van der Waals surface area (Å²) in [7, 11) is 0. The lowest BCUT2D eigenvalue weighted by Gasteiger charge is -2.16. The van der Waals surface area contributed by atoms with Crippen molar-refractivity contribution in [2.75, 3.05) is 10.6 Å². The Balaban J connectivity index is 1.76. The average Bonchev–Trinajstić information content (AvgIpc) is 3.05. The van der Waals surface area contributed by atoms with Crippen LogP contribution in [-0.4, -0.2) is 26.4 Å². The average molecular weight is 361 g/mol. The Bertz CT molecular complexity index is 914. The lowest BCUT2D eigenvalue weighted by Crippen LogP contribution is -2.25. The molecule has 0 aliphatic rings. The van der Waals surface area contributed by atoms with Crippen molar-refractivity contribution >= 4 is 28.8 Å². The fourth-order valence-electron chi connectivity index (χ4n) is 2.05. The van der Waals surface area contributed by atoms with Gasteiger partial charge in [-0.25, -0.2) is 14.2 Å². The highest BCUT2D eigenvalue weighted by Crippen LogP contribution is 2.28. The standard InChI is InChI=1S/C16H12FN3O4S/c17-10-3-1-9(2-4-10)15-18-14(8-25-15)20(24)19-11-5-6-12(16(22)23)13(21)7-11/h1-8,19,21,24H,(H,22,23). The first-order valence-electron chi connectivity index (χ1n) is 6.97. The number of carboxylic acid groups (broad SMARTS) is 1. The van der Waals surface area contributed by atoms with Crippen LogP contribution in [-0.2, 0) is 0 Å². The molecule has 9 heteroatoms. The van der Waals surface area contributed by atoms with Crippen LogP contribution in [0, 0.1) is 5.82 Å². The summed E-state index contributed by atoms with van der Waals surface area (Å²) >= 11 is 1.25. The highest BCUT2D eigenvalue weighted by Gasteiger charge is 2.13. The molecule has 0 aliphatic heterocycles. The zero-order valence-electron chi connectivity index (χ0n) is 12.5. The normalized spacial score (nSPS) is 10.5. The molecule has 0 bridgehead atoms. The second-order valence-electron chi connectivity index (χ2n) is 4.98. The van der Waals surface area contributed by atoms with Crippen molar-refractivity contribution in [2.45, 2.75) is 0 Å². The van der Waals surface area contributed by atoms with Gasteiger partial charge < -0.3 is 10.2 Å². The minimum absolute atomic E-state index is 0.186. The molecule has 7 nitrogen and oxygen atoms in total. The number of hydrogen-bond acceptors (Lipinski definition) is 7. The number of rotatable bonds is 5. The molecule has 128 valence electrons. The van der Waals surface area contributed by atoms with Gasteiger partial charge in [-0.1, -0.05) is 0 Å². The van der Waals surface area contributed by atoms with Gasteiger partial charge in [0.1, 0.15) is 22.1 Å². The maximum atomic E-state index is 13.0. The van der Waals surface area contributed by atoms with E-state index in [-0.39, 0.29) is 22.9 Å². The van der Waals surface area contributed by atoms with Gasteiger partial charge in [-0.2, -0.15) is 0 Å². The number of aromatic hydroxyl groups is 1. The third-order valence-electron chi connectivity index (χ3n) is 3.26. The number of aromatic carboxylic acids is 1. The van der Waals surface area contributed by atoms with Crippen LogP contribution in [0.1, 0.15) is 10.4 Å². The summed E-state index contributed by atoms with van der Waals surface area (Å²) in [6.07, 6.45) is 0. The number of nitrogens with zero attached hydrogens (tertiary/aromatic N) is 2. The summed E-state index contributed by atoms with van der Waals surface area (Å²) in [6.45, 7) is 0. The van der Waals surface area contributed by atoms with Gasteiger partial charge in [-0.3, -0.25) is 10.6 Å². The number of aromatic nitrogens is 1. The van der Waals surface area contributed by atoms with Crippen LogP contribution in [0.5, 0.6) is 5.75 Å². The van der Waals surface area contributed by atoms with E-state index >= 15 is 0 Å². The summed E-state index contributed by atoms with van der Waals surface area (Å²) in [5.74, 6) is -1.86. The number of phenols is 1. The van der Waals surface area contributed by atoms with Gasteiger partial charge in [0.25, 0.3) is 0 Å². The van der Waals surface area contributed by atoms with Crippen molar-refractivity contribution in [1.82, 2.24) is 4.98 Å². The summed E-state index contributed by atoms with van der Waals surface area (Å²) in [5, 5.41) is 31.4. The molecule has 25 heavy (non-hydrogen) atoms. The molecule has 1 aromatic heterocycles. The van der Waals surface area contributed by atoms with Gasteiger partial charge >= 0.3 is 5.97 Å². The minimum Gasteiger partial charge on any atom is -0.507 e. The zero-order valence-corrected chi connectivity index (χ0v) is 13.4. The van der Waals surface area contributed by atoms with E-state index in [0.717, 1.165) is 0 Å². The lowest BCUT2D eigenvalue weighted by molar-refractivity contribution is 0.0694. The Hall–Kier alpha value is -3.17. The van der Waals surface area contributed by atoms with Gasteiger partial charge in [0.15, 0.2) is 5.82 Å². The number of carbonyl (C=O) groups is 1. The first kappa shape index (κ1) is 16.7. The number of thiazole rings is 1. The van der Waals surface area contributed by atoms with Crippen molar-refractivity contribution in [3.8, 4) is 16.3 Å². The molecule has 0 radical (unpaired) electrons. The Morgan fingerprint density at radius 2 is 1.92 bits per heavy atom. The number of carboxylic acids is 1. The Morgan fingerprint density at radius 1 is 1.20 bits per heavy atom. The maximum absolute atomic E-state index is 13.0. The minimum atomic E-state index is -1.26. The Kier molecular flexibility index (Phi) is 4.50. The van der Waals surface area contributed by atoms with E-state index in [1.165, 1.54) is 41.7 Å². The predicted molar refractivity (Wildman–Crippen MR) is 90.5 cm³/mol. The van der Waals surface area contributed by atoms with Crippen LogP contribution >= 0.6 is 11.3 Å². The Labute approximate surface area is 145 Å². The first-order chi connectivity index (χ1) is 11.9. The number of anilines is 2. The van der Waals surface area contributed by atoms with E-state index < -0.39 is 11.7 Å². The summed E-state index contributed by atoms with van der Waals surface area (Å²) in [5.41, 5.74) is 3.28. The van der Waals surface area contributed by atoms with E-state index in [4.69, 9.17) is 5.11 Å². The van der Waals surface area contributed by atoms with E-state index in [9.17, 15) is 19.5 Å². The number of benzene rings is 2. The molecule has 0 unspecified atom stereocenters. The molecular formula is C16H12FN3O4S. The Morgan fingerprint density at radius 3 is 2.56 bits per heavy atom. The molecule has 0 aliphatic carbocycles. The van der Waals surface area contributed by atoms with Crippen LogP contribution in [0.25, 0.3) is 10.6 Å². The van der Waals surface area contributed by atoms with Gasteiger partial charge in [-0.15, -0.1) is 16.5 Å². The van der Waals surface area contributed by atoms with Crippen LogP contribution in [0.3, 0.4) is 0 Å². The maximum Gasteiger partial charge on any atom is 0.339 e. The molecule has 0 saturated heterocycles. The highest BCUT2D eigenvalue weighted by atomic mass is 32.1. The van der Waals surface area contributed by atoms with Crippen LogP contribution in [0.2, 0.25) is 0 Å². The molecule has 1 heterocycles. The molecule has 3 rings (SSSR count). The second-order valence-corrected chi connectivity index (χ2v) is 5.84. The molecule has 2 aromatic carbocycles. The largest absolute Gasteiger partial charge is 0.507 e. The molecule has 0 fully saturated rings. The summed E-state index contributed by atoms with van der Waals surface area (Å²) < 4.78 is 13.0. The second kappa shape index (κ2) is 6.75. The molecule has 0 atom stereocenters. The number of hydrazine groups is 1. The van der Waals surface area contributed by atoms with E-state index in [2.05, 4.69) is 10.4 Å². The molecule has 0 spiro atoms. The lowest BCUT2D eigenvalue weighted by atomic mass is 10.2. The first-order valence-corrected chi connectivity index (χ1v) is 7.85. The number of halogens is 1. The van der Waals surface area contributed by atoms with Crippen LogP contribution in [0.4, 0.5) is 15.9 Å². The monoisotopic (exact) mass is 361 g/mol. The fraction of sp³-hybridized carbons (Fsp3) is 0. The van der Waals surface area contributed by atoms with Gasteiger partial charge in [-0.05, 0) is 36.4 Å². The molecule has 4 N–H and O–H groups in total. The molecular weight excluding hydrogens is 349 g/mol. The van der Waals surface area contributed by atoms with Crippen LogP contribution in [0.15, 0.2) is 47.8 Å². The SMILES string of the molecule is O=C(O)c1ccc(NN(O)c2csc(-c3ccc(F)cc3)n2)cc1O. The topological polar surface area (TPSA) is 106 Å². The number of hydrogen-bond donors (Lipinski definition) is 4. The van der Waals surface area contributed by atoms with Gasteiger partial charge in [0, 0.05) is 17.0 Å². The number of nitrogens with one attached hydrogen (secondary N) is 1. The predicted octanol–water partition coefficient (Wildman–Crippen LogP) is 3.58. The van der Waals surface area contributed by atoms with Gasteiger partial charge in [0.2, 0.25) is 0 Å². The van der Waals surface area contributed by atoms with E-state index in [1.54, 1.807) is 17.5 Å². The molecule has 0 saturated carbocycles. The van der Waals surface area contributed by atoms with Crippen molar-refractivity contribution in [3.63, 3.8) is 0 Å². The van der Waals surface area contributed by atoms with Crippen LogP contribution < -0.4 is 10.6 Å². The van der Waals surface area contributed by atoms with Crippen molar-refractivity contribution in [2.24, 2.45) is 0 Å². The van der Waals surface area contributed by atoms with Crippen molar-refractivity contribution in [1.29, 1.82) is 0 Å². The third kappa shape index (κ3) is 3.67. The molecule has 3 aromatic rings. The van der Waals surface area contributed by atoms with E-state index in [0.29, 0.717) is 15.7 Å². The van der Waals surface area contributed by atoms with Gasteiger partial charge in [0.05, 0.1) is 5.69 Å².